The molecule has 0 heterocycles. The summed E-state index contributed by atoms with van der Waals surface area (Å²) in [4.78, 5) is 23.9. The summed E-state index contributed by atoms with van der Waals surface area (Å²) in [5.74, 6) is -1.41. The van der Waals surface area contributed by atoms with Gasteiger partial charge in [-0.15, -0.1) is 0 Å². The number of rotatable bonds is 4. The normalized spacial score (nSPS) is 10.9. The summed E-state index contributed by atoms with van der Waals surface area (Å²) in [6, 6.07) is 23.3. The first-order chi connectivity index (χ1) is 21.3. The minimum Gasteiger partial charge on any atom is -0.456 e. The average Bonchev–Trinajstić information content (AvgIpc) is 2.95. The second-order valence-electron chi connectivity index (χ2n) is 12.4. The largest absolute Gasteiger partial charge is 0.488 e. The molecule has 244 valence electrons. The van der Waals surface area contributed by atoms with Crippen molar-refractivity contribution in [3.8, 4) is 11.1 Å². The average molecular weight is 697 g/mol. The Labute approximate surface area is 278 Å². The van der Waals surface area contributed by atoms with Crippen molar-refractivity contribution in [1.29, 1.82) is 0 Å². The molecule has 4 aromatic rings. The van der Waals surface area contributed by atoms with E-state index in [1.165, 1.54) is 18.2 Å². The Hall–Kier alpha value is -3.86. The van der Waals surface area contributed by atoms with Gasteiger partial charge in [-0.1, -0.05) is 54.6 Å². The molecule has 0 saturated heterocycles. The molecule has 0 aromatic heterocycles. The molecule has 0 spiro atoms. The molecule has 0 saturated carbocycles. The highest BCUT2D eigenvalue weighted by Crippen LogP contribution is 2.27. The van der Waals surface area contributed by atoms with E-state index in [1.54, 1.807) is 44.2 Å². The molecule has 0 fully saturated rings. The summed E-state index contributed by atoms with van der Waals surface area (Å²) in [7, 11) is -1.59. The summed E-state index contributed by atoms with van der Waals surface area (Å²) < 4.78 is 37.9. The van der Waals surface area contributed by atoms with Crippen LogP contribution in [0, 0.1) is 25.5 Å². The molecule has 0 aliphatic heterocycles. The van der Waals surface area contributed by atoms with E-state index in [2.05, 4.69) is 15.9 Å². The lowest BCUT2D eigenvalue weighted by molar-refractivity contribution is 0.00568. The van der Waals surface area contributed by atoms with Crippen LogP contribution < -0.4 is 5.46 Å². The number of aryl methyl sites for hydroxylation is 2. The Morgan fingerprint density at radius 2 is 1.13 bits per heavy atom. The van der Waals surface area contributed by atoms with Crippen molar-refractivity contribution in [2.24, 2.45) is 0 Å². The maximum Gasteiger partial charge on any atom is 0.488 e. The van der Waals surface area contributed by atoms with E-state index in [0.29, 0.717) is 33.4 Å². The molecule has 6 nitrogen and oxygen atoms in total. The lowest BCUT2D eigenvalue weighted by Crippen LogP contribution is -2.30. The third-order valence-electron chi connectivity index (χ3n) is 6.02. The van der Waals surface area contributed by atoms with E-state index < -0.39 is 30.1 Å². The van der Waals surface area contributed by atoms with Crippen molar-refractivity contribution in [2.75, 3.05) is 0 Å². The zero-order valence-corrected chi connectivity index (χ0v) is 28.9. The Kier molecular flexibility index (Phi) is 13.9. The topological polar surface area (TPSA) is 93.1 Å². The van der Waals surface area contributed by atoms with Crippen LogP contribution in [0.1, 0.15) is 73.4 Å². The van der Waals surface area contributed by atoms with Gasteiger partial charge in [-0.3, -0.25) is 0 Å². The molecule has 2 N–H and O–H groups in total. The van der Waals surface area contributed by atoms with E-state index in [9.17, 15) is 18.4 Å². The van der Waals surface area contributed by atoms with Crippen molar-refractivity contribution < 1.29 is 37.9 Å². The molecule has 4 rings (SSSR count). The van der Waals surface area contributed by atoms with Gasteiger partial charge in [0.15, 0.2) is 0 Å². The van der Waals surface area contributed by atoms with Gasteiger partial charge >= 0.3 is 19.1 Å². The Morgan fingerprint density at radius 3 is 1.61 bits per heavy atom. The van der Waals surface area contributed by atoms with Crippen molar-refractivity contribution >= 4 is 40.4 Å². The molecule has 0 amide bonds. The molecule has 0 atom stereocenters. The van der Waals surface area contributed by atoms with Crippen LogP contribution in [0.15, 0.2) is 89.4 Å². The van der Waals surface area contributed by atoms with Gasteiger partial charge < -0.3 is 19.5 Å². The number of halogens is 3. The van der Waals surface area contributed by atoms with Crippen LogP contribution in [-0.4, -0.2) is 40.3 Å². The van der Waals surface area contributed by atoms with Crippen LogP contribution in [0.4, 0.5) is 8.78 Å². The number of ether oxygens (including phenoxy) is 2. The standard InChI is InChI=1S/C18H19FO2.C11H13BrO2.C7H8BFO2/c1-12-9-10-13(11-16(12)19)14-7-5-6-8-15(14)17(20)21-18(2,3)4;1-11(2,3)14-10(13)8-6-4-5-7-9(8)12;1-5-2-3-6(8(10)11)4-7(5)9/h5-11H,1-4H3;4-7H,1-3H3;2-4,10-11H,1H3. The fourth-order valence-electron chi connectivity index (χ4n) is 3.74. The second kappa shape index (κ2) is 16.6. The number of hydrogen-bond acceptors (Lipinski definition) is 6. The second-order valence-corrected chi connectivity index (χ2v) is 13.2. The van der Waals surface area contributed by atoms with Crippen LogP contribution in [-0.2, 0) is 9.47 Å². The highest BCUT2D eigenvalue weighted by Gasteiger charge is 2.21. The van der Waals surface area contributed by atoms with Crippen molar-refractivity contribution in [1.82, 2.24) is 0 Å². The zero-order chi connectivity index (χ0) is 34.8. The number of carbonyl (C=O) groups is 2. The molecule has 0 bridgehead atoms. The van der Waals surface area contributed by atoms with Gasteiger partial charge in [0.2, 0.25) is 0 Å². The van der Waals surface area contributed by atoms with Crippen LogP contribution >= 0.6 is 15.9 Å². The van der Waals surface area contributed by atoms with Crippen LogP contribution in [0.5, 0.6) is 0 Å². The predicted octanol–water partition coefficient (Wildman–Crippen LogP) is 7.97. The summed E-state index contributed by atoms with van der Waals surface area (Å²) in [5, 5.41) is 17.3. The van der Waals surface area contributed by atoms with Crippen LogP contribution in [0.25, 0.3) is 11.1 Å². The molecule has 10 heteroatoms. The quantitative estimate of drug-likeness (QED) is 0.166. The molecular weight excluding hydrogens is 657 g/mol. The summed E-state index contributed by atoms with van der Waals surface area (Å²) in [6.07, 6.45) is 0. The summed E-state index contributed by atoms with van der Waals surface area (Å²) in [5.41, 5.74) is 2.56. The maximum absolute atomic E-state index is 13.8. The minimum atomic E-state index is -1.59. The zero-order valence-electron chi connectivity index (χ0n) is 27.3. The van der Waals surface area contributed by atoms with E-state index >= 15 is 0 Å². The van der Waals surface area contributed by atoms with Gasteiger partial charge in [0.25, 0.3) is 0 Å². The van der Waals surface area contributed by atoms with Gasteiger partial charge in [-0.05, 0) is 129 Å². The highest BCUT2D eigenvalue weighted by atomic mass is 79.9. The van der Waals surface area contributed by atoms with Crippen molar-refractivity contribution in [3.05, 3.63) is 123 Å². The van der Waals surface area contributed by atoms with Crippen molar-refractivity contribution in [3.63, 3.8) is 0 Å². The summed E-state index contributed by atoms with van der Waals surface area (Å²) >= 11 is 3.30. The van der Waals surface area contributed by atoms with E-state index in [4.69, 9.17) is 19.5 Å². The molecule has 4 aromatic carbocycles. The first-order valence-corrected chi connectivity index (χ1v) is 15.3. The van der Waals surface area contributed by atoms with Gasteiger partial charge in [0, 0.05) is 4.47 Å². The number of esters is 2. The fourth-order valence-corrected chi connectivity index (χ4v) is 4.18. The maximum atomic E-state index is 13.8. The Bertz CT molecular complexity index is 1640. The van der Waals surface area contributed by atoms with Gasteiger partial charge in [-0.25, -0.2) is 18.4 Å². The van der Waals surface area contributed by atoms with E-state index in [-0.39, 0.29) is 17.2 Å². The van der Waals surface area contributed by atoms with Gasteiger partial charge in [0.1, 0.15) is 22.8 Å². The molecule has 0 radical (unpaired) electrons. The first kappa shape index (κ1) is 38.3. The lowest BCUT2D eigenvalue weighted by Gasteiger charge is -2.20. The molecule has 46 heavy (non-hydrogen) atoms. The Balaban J connectivity index is 0.000000256. The first-order valence-electron chi connectivity index (χ1n) is 14.5. The predicted molar refractivity (Wildman–Crippen MR) is 182 cm³/mol. The highest BCUT2D eigenvalue weighted by molar-refractivity contribution is 9.10. The summed E-state index contributed by atoms with van der Waals surface area (Å²) in [6.45, 7) is 14.3. The molecule has 0 aliphatic carbocycles. The van der Waals surface area contributed by atoms with Crippen LogP contribution in [0.3, 0.4) is 0 Å². The van der Waals surface area contributed by atoms with E-state index in [0.717, 1.165) is 10.5 Å². The third-order valence-corrected chi connectivity index (χ3v) is 6.71. The van der Waals surface area contributed by atoms with E-state index in [1.807, 2.05) is 71.9 Å². The molecular formula is C36H40BBrF2O6. The molecule has 0 aliphatic rings. The minimum absolute atomic E-state index is 0.174. The fraction of sp³-hybridized carbons (Fsp3) is 0.278. The molecule has 0 unspecified atom stereocenters. The number of hydrogen-bond donors (Lipinski definition) is 2. The van der Waals surface area contributed by atoms with Gasteiger partial charge in [-0.2, -0.15) is 0 Å². The van der Waals surface area contributed by atoms with Crippen molar-refractivity contribution in [2.45, 2.75) is 66.6 Å². The third kappa shape index (κ3) is 12.5. The van der Waals surface area contributed by atoms with Gasteiger partial charge in [0.05, 0.1) is 11.1 Å². The Morgan fingerprint density at radius 1 is 0.674 bits per heavy atom. The number of carbonyl (C=O) groups excluding carboxylic acids is 2. The monoisotopic (exact) mass is 696 g/mol. The SMILES string of the molecule is CC(C)(C)OC(=O)c1ccccc1Br.Cc1ccc(-c2ccccc2C(=O)OC(C)(C)C)cc1F.Cc1ccc(B(O)O)cc1F. The smallest absolute Gasteiger partial charge is 0.456 e. The van der Waals surface area contributed by atoms with Crippen LogP contribution in [0.2, 0.25) is 0 Å². The number of benzene rings is 4. The lowest BCUT2D eigenvalue weighted by atomic mass is 9.80.